The van der Waals surface area contributed by atoms with Gasteiger partial charge in [-0.15, -0.1) is 0 Å². The Balaban J connectivity index is 1.54. The minimum Gasteiger partial charge on any atom is -0.490 e. The number of hydrogen-bond donors (Lipinski definition) is 0. The molecule has 36 heavy (non-hydrogen) atoms. The van der Waals surface area contributed by atoms with Gasteiger partial charge >= 0.3 is 0 Å². The Hall–Kier alpha value is -3.44. The highest BCUT2D eigenvalue weighted by molar-refractivity contribution is 8.18. The summed E-state index contributed by atoms with van der Waals surface area (Å²) in [4.78, 5) is 27.0. The van der Waals surface area contributed by atoms with Crippen molar-refractivity contribution in [2.75, 3.05) is 6.61 Å². The Labute approximate surface area is 223 Å². The molecule has 3 aromatic rings. The number of hydrogen-bond acceptors (Lipinski definition) is 6. The molecule has 0 aliphatic carbocycles. The number of thioether (sulfide) groups is 1. The average Bonchev–Trinajstić information content (AvgIpc) is 3.13. The van der Waals surface area contributed by atoms with Crippen molar-refractivity contribution in [2.45, 2.75) is 20.1 Å². The van der Waals surface area contributed by atoms with Crippen LogP contribution in [-0.2, 0) is 17.9 Å². The lowest BCUT2D eigenvalue weighted by Crippen LogP contribution is -2.27. The van der Waals surface area contributed by atoms with Crippen LogP contribution in [0.15, 0.2) is 65.6 Å². The van der Waals surface area contributed by atoms with Gasteiger partial charge in [0.25, 0.3) is 11.1 Å². The highest BCUT2D eigenvalue weighted by Gasteiger charge is 2.35. The molecule has 0 radical (unpaired) electrons. The minimum atomic E-state index is -0.424. The molecule has 182 valence electrons. The highest BCUT2D eigenvalue weighted by Crippen LogP contribution is 2.37. The van der Waals surface area contributed by atoms with E-state index in [1.54, 1.807) is 54.6 Å². The zero-order valence-electron chi connectivity index (χ0n) is 19.2. The van der Waals surface area contributed by atoms with E-state index in [1.165, 1.54) is 0 Å². The topological polar surface area (TPSA) is 79.6 Å². The minimum absolute atomic E-state index is 0.0122. The maximum atomic E-state index is 13.0. The van der Waals surface area contributed by atoms with Crippen LogP contribution in [0.1, 0.15) is 29.2 Å². The standard InChI is InChI=1S/C27H20Cl2N2O4S/c1-2-34-24-12-17(10-11-23(24)35-16-19-7-4-3-6-18(19)14-30)13-25-26(32)31(27(33)36-25)15-20-21(28)8-5-9-22(20)29/h3-13H,2,15-16H2,1H3/b25-13-. The molecule has 6 nitrogen and oxygen atoms in total. The lowest BCUT2D eigenvalue weighted by atomic mass is 10.1. The molecule has 1 aliphatic heterocycles. The van der Waals surface area contributed by atoms with Crippen molar-refractivity contribution < 1.29 is 19.1 Å². The monoisotopic (exact) mass is 538 g/mol. The van der Waals surface area contributed by atoms with E-state index in [4.69, 9.17) is 32.7 Å². The third-order valence-electron chi connectivity index (χ3n) is 5.34. The van der Waals surface area contributed by atoms with Crippen LogP contribution >= 0.6 is 35.0 Å². The third kappa shape index (κ3) is 5.68. The van der Waals surface area contributed by atoms with Gasteiger partial charge in [-0.3, -0.25) is 14.5 Å². The van der Waals surface area contributed by atoms with Gasteiger partial charge in [0.1, 0.15) is 6.61 Å². The first-order chi connectivity index (χ1) is 17.4. The Kier molecular flexibility index (Phi) is 8.21. The maximum Gasteiger partial charge on any atom is 0.293 e. The number of amides is 2. The molecule has 1 aliphatic rings. The first kappa shape index (κ1) is 25.6. The van der Waals surface area contributed by atoms with E-state index in [0.717, 1.165) is 22.2 Å². The van der Waals surface area contributed by atoms with Crippen molar-refractivity contribution in [3.63, 3.8) is 0 Å². The molecule has 0 saturated carbocycles. The number of benzene rings is 3. The van der Waals surface area contributed by atoms with Crippen LogP contribution in [-0.4, -0.2) is 22.7 Å². The quantitative estimate of drug-likeness (QED) is 0.285. The fourth-order valence-corrected chi connectivity index (χ4v) is 4.90. The zero-order chi connectivity index (χ0) is 25.7. The van der Waals surface area contributed by atoms with Gasteiger partial charge in [-0.2, -0.15) is 5.26 Å². The van der Waals surface area contributed by atoms with Crippen molar-refractivity contribution in [1.82, 2.24) is 4.90 Å². The fraction of sp³-hybridized carbons (Fsp3) is 0.148. The Bertz CT molecular complexity index is 1380. The number of nitriles is 1. The predicted octanol–water partition coefficient (Wildman–Crippen LogP) is 7.08. The van der Waals surface area contributed by atoms with Gasteiger partial charge in [0.2, 0.25) is 0 Å². The number of carbonyl (C=O) groups is 2. The average molecular weight is 539 g/mol. The fourth-order valence-electron chi connectivity index (χ4n) is 3.54. The molecule has 1 heterocycles. The molecule has 4 rings (SSSR count). The molecule has 1 saturated heterocycles. The van der Waals surface area contributed by atoms with E-state index < -0.39 is 11.1 Å². The second-order valence-electron chi connectivity index (χ2n) is 7.66. The molecule has 0 unspecified atom stereocenters. The number of carbonyl (C=O) groups excluding carboxylic acids is 2. The lowest BCUT2D eigenvalue weighted by Gasteiger charge is -2.15. The molecule has 9 heteroatoms. The predicted molar refractivity (Wildman–Crippen MR) is 141 cm³/mol. The van der Waals surface area contributed by atoms with Gasteiger partial charge in [0.05, 0.1) is 29.7 Å². The number of ether oxygens (including phenoxy) is 2. The van der Waals surface area contributed by atoms with Gasteiger partial charge in [0, 0.05) is 21.2 Å². The number of rotatable bonds is 8. The molecule has 0 atom stereocenters. The van der Waals surface area contributed by atoms with Crippen molar-refractivity contribution >= 4 is 52.2 Å². The molecule has 2 amide bonds. The number of halogens is 2. The third-order valence-corrected chi connectivity index (χ3v) is 6.95. The molecule has 0 bridgehead atoms. The van der Waals surface area contributed by atoms with Crippen molar-refractivity contribution in [1.29, 1.82) is 5.26 Å². The molecule has 0 N–H and O–H groups in total. The van der Waals surface area contributed by atoms with Crippen LogP contribution in [0.4, 0.5) is 4.79 Å². The second-order valence-corrected chi connectivity index (χ2v) is 9.47. The zero-order valence-corrected chi connectivity index (χ0v) is 21.5. The van der Waals surface area contributed by atoms with Gasteiger partial charge in [-0.05, 0) is 60.7 Å². The van der Waals surface area contributed by atoms with Crippen LogP contribution in [0.3, 0.4) is 0 Å². The Morgan fingerprint density at radius 1 is 1.00 bits per heavy atom. The van der Waals surface area contributed by atoms with E-state index in [9.17, 15) is 14.9 Å². The smallest absolute Gasteiger partial charge is 0.293 e. The number of nitrogens with zero attached hydrogens (tertiary/aromatic N) is 2. The normalized spacial score (nSPS) is 14.3. The Morgan fingerprint density at radius 3 is 2.47 bits per heavy atom. The largest absolute Gasteiger partial charge is 0.490 e. The molecule has 0 spiro atoms. The summed E-state index contributed by atoms with van der Waals surface area (Å²) in [5, 5.41) is 9.67. The van der Waals surface area contributed by atoms with E-state index in [2.05, 4.69) is 6.07 Å². The molecule has 0 aromatic heterocycles. The summed E-state index contributed by atoms with van der Waals surface area (Å²) < 4.78 is 11.7. The van der Waals surface area contributed by atoms with Crippen LogP contribution in [0.2, 0.25) is 10.0 Å². The molecule has 1 fully saturated rings. The first-order valence-electron chi connectivity index (χ1n) is 11.0. The van der Waals surface area contributed by atoms with Gasteiger partial charge in [-0.25, -0.2) is 0 Å². The van der Waals surface area contributed by atoms with Crippen LogP contribution in [0, 0.1) is 11.3 Å². The van der Waals surface area contributed by atoms with Gasteiger partial charge in [-0.1, -0.05) is 53.5 Å². The second kappa shape index (κ2) is 11.5. The van der Waals surface area contributed by atoms with Crippen molar-refractivity contribution in [3.8, 4) is 17.6 Å². The molecule has 3 aromatic carbocycles. The SMILES string of the molecule is CCOc1cc(/C=C2\SC(=O)N(Cc3c(Cl)cccc3Cl)C2=O)ccc1OCc1ccccc1C#N. The van der Waals surface area contributed by atoms with Crippen molar-refractivity contribution in [2.24, 2.45) is 0 Å². The van der Waals surface area contributed by atoms with Gasteiger partial charge in [0.15, 0.2) is 11.5 Å². The van der Waals surface area contributed by atoms with E-state index >= 15 is 0 Å². The summed E-state index contributed by atoms with van der Waals surface area (Å²) in [6.07, 6.45) is 1.64. The maximum absolute atomic E-state index is 13.0. The summed E-state index contributed by atoms with van der Waals surface area (Å²) >= 11 is 13.3. The van der Waals surface area contributed by atoms with Crippen LogP contribution in [0.25, 0.3) is 6.08 Å². The van der Waals surface area contributed by atoms with E-state index in [0.29, 0.717) is 44.8 Å². The molecular weight excluding hydrogens is 519 g/mol. The highest BCUT2D eigenvalue weighted by atomic mass is 35.5. The number of imide groups is 1. The summed E-state index contributed by atoms with van der Waals surface area (Å²) in [5.41, 5.74) is 2.49. The lowest BCUT2D eigenvalue weighted by molar-refractivity contribution is -0.123. The summed E-state index contributed by atoms with van der Waals surface area (Å²) in [7, 11) is 0. The van der Waals surface area contributed by atoms with E-state index in [1.807, 2.05) is 19.1 Å². The Morgan fingerprint density at radius 2 is 1.75 bits per heavy atom. The van der Waals surface area contributed by atoms with Crippen LogP contribution in [0.5, 0.6) is 11.5 Å². The summed E-state index contributed by atoms with van der Waals surface area (Å²) in [5.74, 6) is 0.568. The van der Waals surface area contributed by atoms with Crippen LogP contribution < -0.4 is 9.47 Å². The molecular formula is C27H20Cl2N2O4S. The summed E-state index contributed by atoms with van der Waals surface area (Å²) in [6.45, 7) is 2.45. The van der Waals surface area contributed by atoms with Crippen molar-refractivity contribution in [3.05, 3.63) is 97.9 Å². The van der Waals surface area contributed by atoms with E-state index in [-0.39, 0.29) is 18.1 Å². The summed E-state index contributed by atoms with van der Waals surface area (Å²) in [6, 6.07) is 19.6. The van der Waals surface area contributed by atoms with Gasteiger partial charge < -0.3 is 9.47 Å². The first-order valence-corrected chi connectivity index (χ1v) is 12.5.